The Balaban J connectivity index is 3.15. The van der Waals surface area contributed by atoms with Crippen molar-refractivity contribution in [3.8, 4) is 0 Å². The van der Waals surface area contributed by atoms with E-state index in [1.165, 1.54) is 25.9 Å². The summed E-state index contributed by atoms with van der Waals surface area (Å²) >= 11 is 0. The molecule has 0 aliphatic carbocycles. The molecule has 1 aromatic rings. The van der Waals surface area contributed by atoms with Crippen LogP contribution >= 0.6 is 0 Å². The summed E-state index contributed by atoms with van der Waals surface area (Å²) in [4.78, 5) is 23.0. The van der Waals surface area contributed by atoms with Gasteiger partial charge in [0, 0.05) is 14.1 Å². The van der Waals surface area contributed by atoms with Crippen molar-refractivity contribution in [3.63, 3.8) is 0 Å². The van der Waals surface area contributed by atoms with Crippen molar-refractivity contribution < 1.29 is 27.5 Å². The number of hydrogen-bond acceptors (Lipinski definition) is 4. The largest absolute Gasteiger partial charge is 0.478 e. The van der Waals surface area contributed by atoms with Crippen molar-refractivity contribution in [2.75, 3.05) is 20.6 Å². The van der Waals surface area contributed by atoms with E-state index in [-0.39, 0.29) is 5.56 Å². The second-order valence-corrected chi connectivity index (χ2v) is 6.29. The zero-order valence-electron chi connectivity index (χ0n) is 11.7. The normalized spacial score (nSPS) is 11.2. The number of carbonyl (C=O) groups is 2. The van der Waals surface area contributed by atoms with Gasteiger partial charge in [0.15, 0.2) is 0 Å². The van der Waals surface area contributed by atoms with E-state index in [4.69, 9.17) is 5.11 Å². The zero-order valence-corrected chi connectivity index (χ0v) is 12.5. The van der Waals surface area contributed by atoms with Crippen LogP contribution in [0.1, 0.15) is 15.9 Å². The van der Waals surface area contributed by atoms with Gasteiger partial charge in [0.1, 0.15) is 5.82 Å². The van der Waals surface area contributed by atoms with Crippen LogP contribution in [0, 0.1) is 12.7 Å². The molecule has 0 aliphatic rings. The van der Waals surface area contributed by atoms with Crippen LogP contribution in [0.2, 0.25) is 0 Å². The topological polar surface area (TPSA) is 104 Å². The van der Waals surface area contributed by atoms with Crippen molar-refractivity contribution >= 4 is 21.9 Å². The van der Waals surface area contributed by atoms with Crippen LogP contribution in [0.5, 0.6) is 0 Å². The van der Waals surface area contributed by atoms with Gasteiger partial charge in [-0.3, -0.25) is 4.79 Å². The highest BCUT2D eigenvalue weighted by Gasteiger charge is 2.22. The second kappa shape index (κ2) is 6.19. The fourth-order valence-electron chi connectivity index (χ4n) is 1.45. The van der Waals surface area contributed by atoms with Crippen molar-refractivity contribution in [2.24, 2.45) is 0 Å². The zero-order chi connectivity index (χ0) is 16.4. The standard InChI is InChI=1S/C12H15FN2O5S/c1-7-4-8(5-9(11(7)13)12(17)18)21(19,20)14-6-10(16)15(2)3/h4-5,14H,6H2,1-3H3,(H,17,18). The first-order chi connectivity index (χ1) is 9.56. The monoisotopic (exact) mass is 318 g/mol. The first kappa shape index (κ1) is 17.1. The van der Waals surface area contributed by atoms with E-state index in [2.05, 4.69) is 0 Å². The SMILES string of the molecule is Cc1cc(S(=O)(=O)NCC(=O)N(C)C)cc(C(=O)O)c1F. The first-order valence-electron chi connectivity index (χ1n) is 5.79. The van der Waals surface area contributed by atoms with Crippen LogP contribution < -0.4 is 4.72 Å². The number of likely N-dealkylation sites (N-methyl/N-ethyl adjacent to an activating group) is 1. The summed E-state index contributed by atoms with van der Waals surface area (Å²) in [5, 5.41) is 8.86. The molecule has 116 valence electrons. The Morgan fingerprint density at radius 1 is 1.33 bits per heavy atom. The molecule has 0 aromatic heterocycles. The summed E-state index contributed by atoms with van der Waals surface area (Å²) in [6.07, 6.45) is 0. The van der Waals surface area contributed by atoms with Crippen LogP contribution in [-0.4, -0.2) is 50.9 Å². The molecule has 0 aliphatic heterocycles. The Kier molecular flexibility index (Phi) is 5.02. The highest BCUT2D eigenvalue weighted by Crippen LogP contribution is 2.19. The van der Waals surface area contributed by atoms with Crippen LogP contribution in [0.25, 0.3) is 0 Å². The molecule has 21 heavy (non-hydrogen) atoms. The van der Waals surface area contributed by atoms with Gasteiger partial charge >= 0.3 is 5.97 Å². The van der Waals surface area contributed by atoms with Crippen LogP contribution in [-0.2, 0) is 14.8 Å². The molecule has 0 atom stereocenters. The Morgan fingerprint density at radius 3 is 2.38 bits per heavy atom. The van der Waals surface area contributed by atoms with E-state index < -0.39 is 44.7 Å². The molecule has 9 heteroatoms. The molecule has 0 heterocycles. The maximum absolute atomic E-state index is 13.6. The number of benzene rings is 1. The summed E-state index contributed by atoms with van der Waals surface area (Å²) in [5.41, 5.74) is -0.858. The van der Waals surface area contributed by atoms with Gasteiger partial charge < -0.3 is 10.0 Å². The molecule has 1 aromatic carbocycles. The third-order valence-corrected chi connectivity index (χ3v) is 4.06. The lowest BCUT2D eigenvalue weighted by Gasteiger charge is -2.12. The number of carbonyl (C=O) groups excluding carboxylic acids is 1. The Hall–Kier alpha value is -2.00. The van der Waals surface area contributed by atoms with Gasteiger partial charge in [-0.15, -0.1) is 0 Å². The second-order valence-electron chi connectivity index (χ2n) is 4.52. The van der Waals surface area contributed by atoms with Gasteiger partial charge in [-0.2, -0.15) is 0 Å². The lowest BCUT2D eigenvalue weighted by atomic mass is 10.1. The number of aromatic carboxylic acids is 1. The lowest BCUT2D eigenvalue weighted by molar-refractivity contribution is -0.127. The first-order valence-corrected chi connectivity index (χ1v) is 7.28. The number of nitrogens with one attached hydrogen (secondary N) is 1. The molecule has 2 N–H and O–H groups in total. The van der Waals surface area contributed by atoms with Gasteiger partial charge in [0.25, 0.3) is 0 Å². The third-order valence-electron chi connectivity index (χ3n) is 2.68. The van der Waals surface area contributed by atoms with Crippen LogP contribution in [0.15, 0.2) is 17.0 Å². The van der Waals surface area contributed by atoms with Crippen molar-refractivity contribution in [2.45, 2.75) is 11.8 Å². The number of amides is 1. The number of carboxylic acid groups (broad SMARTS) is 1. The fraction of sp³-hybridized carbons (Fsp3) is 0.333. The third kappa shape index (κ3) is 3.99. The van der Waals surface area contributed by atoms with Crippen LogP contribution in [0.3, 0.4) is 0 Å². The molecule has 0 saturated heterocycles. The molecule has 0 bridgehead atoms. The molecule has 0 fully saturated rings. The Bertz CT molecular complexity index is 685. The number of rotatable bonds is 5. The van der Waals surface area contributed by atoms with Gasteiger partial charge in [-0.25, -0.2) is 22.3 Å². The van der Waals surface area contributed by atoms with Crippen molar-refractivity contribution in [1.82, 2.24) is 9.62 Å². The van der Waals surface area contributed by atoms with Gasteiger partial charge in [0.2, 0.25) is 15.9 Å². The molecule has 0 radical (unpaired) electrons. The van der Waals surface area contributed by atoms with E-state index in [1.807, 2.05) is 4.72 Å². The number of hydrogen-bond donors (Lipinski definition) is 2. The average Bonchev–Trinajstić information content (AvgIpc) is 2.38. The predicted octanol–water partition coefficient (Wildman–Crippen LogP) is 0.199. The minimum absolute atomic E-state index is 0.116. The Labute approximate surface area is 121 Å². The molecule has 0 saturated carbocycles. The summed E-state index contributed by atoms with van der Waals surface area (Å²) in [6.45, 7) is 0.778. The predicted molar refractivity (Wildman–Crippen MR) is 72.0 cm³/mol. The molecule has 0 spiro atoms. The van der Waals surface area contributed by atoms with Crippen molar-refractivity contribution in [1.29, 1.82) is 0 Å². The van der Waals surface area contributed by atoms with Gasteiger partial charge in [-0.05, 0) is 24.6 Å². The number of carboxylic acids is 1. The number of nitrogens with zero attached hydrogens (tertiary/aromatic N) is 1. The number of halogens is 1. The molecule has 0 unspecified atom stereocenters. The minimum atomic E-state index is -4.11. The summed E-state index contributed by atoms with van der Waals surface area (Å²) < 4.78 is 39.6. The summed E-state index contributed by atoms with van der Waals surface area (Å²) in [6, 6.07) is 1.72. The summed E-state index contributed by atoms with van der Waals surface area (Å²) in [7, 11) is -1.19. The quantitative estimate of drug-likeness (QED) is 0.807. The van der Waals surface area contributed by atoms with E-state index in [9.17, 15) is 22.4 Å². The Morgan fingerprint density at radius 2 is 1.90 bits per heavy atom. The van der Waals surface area contributed by atoms with E-state index >= 15 is 0 Å². The maximum Gasteiger partial charge on any atom is 0.338 e. The lowest BCUT2D eigenvalue weighted by Crippen LogP contribution is -2.36. The molecule has 1 amide bonds. The molecule has 7 nitrogen and oxygen atoms in total. The van der Waals surface area contributed by atoms with Crippen LogP contribution in [0.4, 0.5) is 4.39 Å². The maximum atomic E-state index is 13.6. The molecular weight excluding hydrogens is 303 g/mol. The number of sulfonamides is 1. The highest BCUT2D eigenvalue weighted by molar-refractivity contribution is 7.89. The molecular formula is C12H15FN2O5S. The summed E-state index contributed by atoms with van der Waals surface area (Å²) in [5.74, 6) is -3.04. The van der Waals surface area contributed by atoms with Gasteiger partial charge in [0.05, 0.1) is 17.0 Å². The fourth-order valence-corrected chi connectivity index (χ4v) is 2.53. The molecule has 1 rings (SSSR count). The van der Waals surface area contributed by atoms with E-state index in [0.29, 0.717) is 6.07 Å². The van der Waals surface area contributed by atoms with E-state index in [1.54, 1.807) is 0 Å². The van der Waals surface area contributed by atoms with E-state index in [0.717, 1.165) is 6.07 Å². The van der Waals surface area contributed by atoms with Crippen molar-refractivity contribution in [3.05, 3.63) is 29.1 Å². The smallest absolute Gasteiger partial charge is 0.338 e. The highest BCUT2D eigenvalue weighted by atomic mass is 32.2. The number of aryl methyl sites for hydroxylation is 1. The minimum Gasteiger partial charge on any atom is -0.478 e. The van der Waals surface area contributed by atoms with Gasteiger partial charge in [-0.1, -0.05) is 0 Å². The average molecular weight is 318 g/mol.